The van der Waals surface area contributed by atoms with Crippen LogP contribution in [-0.4, -0.2) is 26.6 Å². The van der Waals surface area contributed by atoms with Gasteiger partial charge in [-0.3, -0.25) is 4.28 Å². The third-order valence-electron chi connectivity index (χ3n) is 1.93. The standard InChI is InChI=1S/C10H10F3NO3S/c1-7-5-3-4-6-8(7)9(10(11,12)13)14-17-18(2,15)16/h3-6H,1-2H3. The summed E-state index contributed by atoms with van der Waals surface area (Å²) < 4.78 is 63.5. The van der Waals surface area contributed by atoms with Crippen molar-refractivity contribution >= 4 is 15.8 Å². The van der Waals surface area contributed by atoms with Crippen molar-refractivity contribution in [2.75, 3.05) is 6.26 Å². The van der Waals surface area contributed by atoms with E-state index >= 15 is 0 Å². The molecule has 1 aromatic carbocycles. The Hall–Kier alpha value is -1.57. The summed E-state index contributed by atoms with van der Waals surface area (Å²) in [5, 5.41) is 2.70. The fourth-order valence-electron chi connectivity index (χ4n) is 1.20. The first kappa shape index (κ1) is 14.5. The van der Waals surface area contributed by atoms with Gasteiger partial charge in [0.2, 0.25) is 0 Å². The van der Waals surface area contributed by atoms with Gasteiger partial charge in [-0.1, -0.05) is 29.4 Å². The molecule has 8 heteroatoms. The number of hydrogen-bond donors (Lipinski definition) is 0. The van der Waals surface area contributed by atoms with Crippen LogP contribution in [0, 0.1) is 6.92 Å². The molecule has 0 radical (unpaired) electrons. The Morgan fingerprint density at radius 2 is 1.83 bits per heavy atom. The van der Waals surface area contributed by atoms with Crippen LogP contribution in [0.3, 0.4) is 0 Å². The second-order valence-electron chi connectivity index (χ2n) is 3.53. The topological polar surface area (TPSA) is 55.7 Å². The Morgan fingerprint density at radius 3 is 2.28 bits per heavy atom. The summed E-state index contributed by atoms with van der Waals surface area (Å²) in [4.78, 5) is 0. The molecule has 0 unspecified atom stereocenters. The molecule has 0 atom stereocenters. The Balaban J connectivity index is 3.28. The quantitative estimate of drug-likeness (QED) is 0.630. The third-order valence-corrected chi connectivity index (χ3v) is 2.28. The molecule has 0 saturated heterocycles. The van der Waals surface area contributed by atoms with Crippen LogP contribution in [0.5, 0.6) is 0 Å². The fraction of sp³-hybridized carbons (Fsp3) is 0.300. The molecule has 0 heterocycles. The zero-order valence-electron chi connectivity index (χ0n) is 9.52. The molecule has 18 heavy (non-hydrogen) atoms. The Labute approximate surface area is 102 Å². The maximum Gasteiger partial charge on any atom is 0.437 e. The van der Waals surface area contributed by atoms with Crippen LogP contribution < -0.4 is 0 Å². The minimum absolute atomic E-state index is 0.228. The summed E-state index contributed by atoms with van der Waals surface area (Å²) in [5.41, 5.74) is -1.30. The number of rotatable bonds is 3. The summed E-state index contributed by atoms with van der Waals surface area (Å²) >= 11 is 0. The summed E-state index contributed by atoms with van der Waals surface area (Å²) in [5.74, 6) is 0. The average Bonchev–Trinajstić information content (AvgIpc) is 2.17. The van der Waals surface area contributed by atoms with Gasteiger partial charge in [-0.05, 0) is 12.5 Å². The maximum absolute atomic E-state index is 12.8. The molecule has 4 nitrogen and oxygen atoms in total. The van der Waals surface area contributed by atoms with Crippen molar-refractivity contribution in [1.82, 2.24) is 0 Å². The van der Waals surface area contributed by atoms with Crippen molar-refractivity contribution in [3.05, 3.63) is 35.4 Å². The Bertz CT molecular complexity index is 564. The highest BCUT2D eigenvalue weighted by molar-refractivity contribution is 7.85. The molecule has 1 aromatic rings. The molecule has 0 N–H and O–H groups in total. The van der Waals surface area contributed by atoms with Crippen LogP contribution in [0.15, 0.2) is 29.4 Å². The zero-order valence-corrected chi connectivity index (χ0v) is 10.3. The van der Waals surface area contributed by atoms with Gasteiger partial charge >= 0.3 is 16.3 Å². The summed E-state index contributed by atoms with van der Waals surface area (Å²) in [6, 6.07) is 5.60. The smallest absolute Gasteiger partial charge is 0.268 e. The molecule has 0 aromatic heterocycles. The first-order chi connectivity index (χ1) is 8.11. The molecule has 100 valence electrons. The third kappa shape index (κ3) is 4.02. The number of oxime groups is 1. The van der Waals surface area contributed by atoms with Gasteiger partial charge in [-0.15, -0.1) is 0 Å². The lowest BCUT2D eigenvalue weighted by atomic mass is 10.0. The van der Waals surface area contributed by atoms with Crippen molar-refractivity contribution in [3.63, 3.8) is 0 Å². The molecular weight excluding hydrogens is 271 g/mol. The van der Waals surface area contributed by atoms with Crippen LogP contribution in [0.2, 0.25) is 0 Å². The second kappa shape index (κ2) is 4.97. The van der Waals surface area contributed by atoms with Crippen molar-refractivity contribution in [3.8, 4) is 0 Å². The van der Waals surface area contributed by atoms with Crippen LogP contribution in [0.4, 0.5) is 13.2 Å². The summed E-state index contributed by atoms with van der Waals surface area (Å²) in [7, 11) is -4.09. The first-order valence-corrected chi connectivity index (χ1v) is 6.53. The van der Waals surface area contributed by atoms with Crippen LogP contribution in [-0.2, 0) is 14.4 Å². The highest BCUT2D eigenvalue weighted by atomic mass is 32.2. The van der Waals surface area contributed by atoms with Gasteiger partial charge in [0, 0.05) is 5.56 Å². The van der Waals surface area contributed by atoms with E-state index < -0.39 is 22.0 Å². The summed E-state index contributed by atoms with van der Waals surface area (Å²) in [6.45, 7) is 1.46. The van der Waals surface area contributed by atoms with Crippen molar-refractivity contribution < 1.29 is 25.9 Å². The molecule has 0 bridgehead atoms. The number of halogens is 3. The van der Waals surface area contributed by atoms with E-state index in [0.29, 0.717) is 11.8 Å². The summed E-state index contributed by atoms with van der Waals surface area (Å²) in [6.07, 6.45) is -4.20. The monoisotopic (exact) mass is 281 g/mol. The molecule has 0 aliphatic rings. The number of aryl methyl sites for hydroxylation is 1. The average molecular weight is 281 g/mol. The molecule has 1 rings (SSSR count). The number of benzene rings is 1. The largest absolute Gasteiger partial charge is 0.437 e. The Kier molecular flexibility index (Phi) is 4.00. The molecule has 0 spiro atoms. The normalized spacial score (nSPS) is 13.5. The molecular formula is C10H10F3NO3S. The second-order valence-corrected chi connectivity index (χ2v) is 5.09. The lowest BCUT2D eigenvalue weighted by molar-refractivity contribution is -0.0597. The van der Waals surface area contributed by atoms with E-state index in [1.807, 2.05) is 0 Å². The minimum Gasteiger partial charge on any atom is -0.268 e. The Morgan fingerprint density at radius 1 is 1.28 bits per heavy atom. The number of nitrogens with zero attached hydrogens (tertiary/aromatic N) is 1. The SMILES string of the molecule is Cc1ccccc1C(=NOS(C)(=O)=O)C(F)(F)F. The van der Waals surface area contributed by atoms with Crippen molar-refractivity contribution in [2.24, 2.45) is 5.16 Å². The molecule has 0 aliphatic carbocycles. The van der Waals surface area contributed by atoms with E-state index in [1.165, 1.54) is 25.1 Å². The van der Waals surface area contributed by atoms with Gasteiger partial charge in [0.25, 0.3) is 0 Å². The van der Waals surface area contributed by atoms with E-state index in [9.17, 15) is 21.6 Å². The van der Waals surface area contributed by atoms with Gasteiger partial charge in [-0.2, -0.15) is 21.6 Å². The molecule has 0 saturated carbocycles. The number of hydrogen-bond acceptors (Lipinski definition) is 4. The highest BCUT2D eigenvalue weighted by Gasteiger charge is 2.38. The van der Waals surface area contributed by atoms with Gasteiger partial charge in [-0.25, -0.2) is 0 Å². The van der Waals surface area contributed by atoms with Crippen molar-refractivity contribution in [2.45, 2.75) is 13.1 Å². The predicted molar refractivity (Wildman–Crippen MR) is 59.7 cm³/mol. The predicted octanol–water partition coefficient (Wildman–Crippen LogP) is 2.24. The van der Waals surface area contributed by atoms with E-state index in [2.05, 4.69) is 9.44 Å². The van der Waals surface area contributed by atoms with Gasteiger partial charge in [0.05, 0.1) is 6.26 Å². The van der Waals surface area contributed by atoms with E-state index in [-0.39, 0.29) is 5.56 Å². The van der Waals surface area contributed by atoms with Crippen LogP contribution in [0.1, 0.15) is 11.1 Å². The molecule has 0 aliphatic heterocycles. The van der Waals surface area contributed by atoms with Gasteiger partial charge < -0.3 is 0 Å². The highest BCUT2D eigenvalue weighted by Crippen LogP contribution is 2.24. The van der Waals surface area contributed by atoms with Gasteiger partial charge in [0.15, 0.2) is 5.71 Å². The molecule has 0 fully saturated rings. The van der Waals surface area contributed by atoms with Crippen LogP contribution >= 0.6 is 0 Å². The van der Waals surface area contributed by atoms with Gasteiger partial charge in [0.1, 0.15) is 0 Å². The number of alkyl halides is 3. The first-order valence-electron chi connectivity index (χ1n) is 4.71. The van der Waals surface area contributed by atoms with E-state index in [1.54, 1.807) is 6.07 Å². The fourth-order valence-corrected chi connectivity index (χ4v) is 1.41. The zero-order chi connectivity index (χ0) is 14.0. The lowest BCUT2D eigenvalue weighted by Gasteiger charge is -2.11. The van der Waals surface area contributed by atoms with Crippen molar-refractivity contribution in [1.29, 1.82) is 0 Å². The lowest BCUT2D eigenvalue weighted by Crippen LogP contribution is -2.25. The van der Waals surface area contributed by atoms with E-state index in [4.69, 9.17) is 0 Å². The molecule has 0 amide bonds. The minimum atomic E-state index is -4.81. The van der Waals surface area contributed by atoms with Crippen LogP contribution in [0.25, 0.3) is 0 Å². The maximum atomic E-state index is 12.8. The van der Waals surface area contributed by atoms with E-state index in [0.717, 1.165) is 0 Å².